The molecule has 1 amide bonds. The maximum absolute atomic E-state index is 12.9. The number of amides is 1. The maximum atomic E-state index is 12.9. The molecule has 0 radical (unpaired) electrons. The highest BCUT2D eigenvalue weighted by Crippen LogP contribution is 2.37. The number of ether oxygens (including phenoxy) is 2. The third kappa shape index (κ3) is 5.01. The van der Waals surface area contributed by atoms with Crippen molar-refractivity contribution in [2.24, 2.45) is 0 Å². The molecule has 4 rings (SSSR count). The molecule has 8 heteroatoms. The van der Waals surface area contributed by atoms with Gasteiger partial charge in [-0.15, -0.1) is 0 Å². The number of likely N-dealkylation sites (tertiary alicyclic amines) is 1. The third-order valence-corrected chi connectivity index (χ3v) is 6.24. The van der Waals surface area contributed by atoms with Crippen molar-refractivity contribution in [3.8, 4) is 5.75 Å². The molecule has 0 N–H and O–H groups in total. The van der Waals surface area contributed by atoms with E-state index >= 15 is 0 Å². The van der Waals surface area contributed by atoms with Crippen LogP contribution in [0.2, 0.25) is 0 Å². The zero-order valence-electron chi connectivity index (χ0n) is 18.5. The van der Waals surface area contributed by atoms with Gasteiger partial charge in [-0.1, -0.05) is 12.1 Å². The van der Waals surface area contributed by atoms with Crippen molar-refractivity contribution in [1.29, 1.82) is 0 Å². The second-order valence-corrected chi connectivity index (χ2v) is 8.48. The zero-order valence-corrected chi connectivity index (χ0v) is 18.5. The van der Waals surface area contributed by atoms with Crippen LogP contribution in [0.3, 0.4) is 0 Å². The molecule has 1 aliphatic heterocycles. The first-order valence-electron chi connectivity index (χ1n) is 11.2. The first-order valence-corrected chi connectivity index (χ1v) is 11.2. The first kappa shape index (κ1) is 21.6. The standard InChI is InChI=1S/C23H32N4O4/c1-30-15-14-26-23(29)27(19-8-9-19)22(24-26)18-4-3-13-25(16-18)21(28)12-7-17-5-10-20(31-2)11-6-17/h5-6,10-11,18-19H,3-4,7-9,12-16H2,1-2H3. The van der Waals surface area contributed by atoms with E-state index in [4.69, 9.17) is 9.47 Å². The predicted octanol–water partition coefficient (Wildman–Crippen LogP) is 2.37. The van der Waals surface area contributed by atoms with Gasteiger partial charge in [0.05, 0.1) is 20.3 Å². The predicted molar refractivity (Wildman–Crippen MR) is 117 cm³/mol. The van der Waals surface area contributed by atoms with Gasteiger partial charge in [0, 0.05) is 38.6 Å². The highest BCUT2D eigenvalue weighted by Gasteiger charge is 2.35. The van der Waals surface area contributed by atoms with Crippen LogP contribution in [0.15, 0.2) is 29.1 Å². The summed E-state index contributed by atoms with van der Waals surface area (Å²) >= 11 is 0. The first-order chi connectivity index (χ1) is 15.1. The van der Waals surface area contributed by atoms with Gasteiger partial charge in [-0.05, 0) is 49.8 Å². The molecule has 1 aromatic carbocycles. The van der Waals surface area contributed by atoms with Gasteiger partial charge < -0.3 is 14.4 Å². The summed E-state index contributed by atoms with van der Waals surface area (Å²) in [4.78, 5) is 27.7. The van der Waals surface area contributed by atoms with E-state index in [2.05, 4.69) is 5.10 Å². The van der Waals surface area contributed by atoms with Gasteiger partial charge in [-0.25, -0.2) is 9.48 Å². The topological polar surface area (TPSA) is 78.6 Å². The second-order valence-electron chi connectivity index (χ2n) is 8.48. The molecule has 1 aromatic heterocycles. The molecular weight excluding hydrogens is 396 g/mol. The second kappa shape index (κ2) is 9.68. The Hall–Kier alpha value is -2.61. The molecular formula is C23H32N4O4. The number of benzene rings is 1. The van der Waals surface area contributed by atoms with Gasteiger partial charge in [0.25, 0.3) is 0 Å². The lowest BCUT2D eigenvalue weighted by atomic mass is 9.96. The Morgan fingerprint density at radius 1 is 1.16 bits per heavy atom. The number of nitrogens with zero attached hydrogens (tertiary/aromatic N) is 4. The van der Waals surface area contributed by atoms with E-state index in [-0.39, 0.29) is 23.6 Å². The van der Waals surface area contributed by atoms with Crippen LogP contribution in [0.5, 0.6) is 5.75 Å². The Morgan fingerprint density at radius 2 is 1.94 bits per heavy atom. The fourth-order valence-corrected chi connectivity index (χ4v) is 4.33. The summed E-state index contributed by atoms with van der Waals surface area (Å²) in [7, 11) is 3.27. The molecule has 2 aliphatic rings. The van der Waals surface area contributed by atoms with Crippen LogP contribution in [-0.4, -0.2) is 59.1 Å². The van der Waals surface area contributed by atoms with Gasteiger partial charge in [-0.2, -0.15) is 5.10 Å². The summed E-state index contributed by atoms with van der Waals surface area (Å²) in [5.41, 5.74) is 1.08. The van der Waals surface area contributed by atoms with Crippen molar-refractivity contribution in [3.63, 3.8) is 0 Å². The molecule has 2 fully saturated rings. The number of carbonyl (C=O) groups is 1. The molecule has 0 spiro atoms. The van der Waals surface area contributed by atoms with Crippen molar-refractivity contribution >= 4 is 5.91 Å². The number of piperidine rings is 1. The monoisotopic (exact) mass is 428 g/mol. The number of carbonyl (C=O) groups excluding carboxylic acids is 1. The minimum absolute atomic E-state index is 0.0440. The van der Waals surface area contributed by atoms with Gasteiger partial charge in [0.2, 0.25) is 5.91 Å². The van der Waals surface area contributed by atoms with Crippen LogP contribution in [0, 0.1) is 0 Å². The van der Waals surface area contributed by atoms with E-state index in [0.29, 0.717) is 32.5 Å². The minimum atomic E-state index is -0.0440. The number of aromatic nitrogens is 3. The molecule has 1 saturated heterocycles. The summed E-state index contributed by atoms with van der Waals surface area (Å²) < 4.78 is 13.7. The van der Waals surface area contributed by atoms with Crippen LogP contribution in [0.1, 0.15) is 55.5 Å². The normalized spacial score (nSPS) is 18.9. The summed E-state index contributed by atoms with van der Waals surface area (Å²) in [6, 6.07) is 8.12. The Bertz CT molecular complexity index is 945. The molecule has 0 bridgehead atoms. The molecule has 31 heavy (non-hydrogen) atoms. The van der Waals surface area contributed by atoms with E-state index in [0.717, 1.165) is 49.4 Å². The van der Waals surface area contributed by atoms with Crippen LogP contribution < -0.4 is 10.4 Å². The smallest absolute Gasteiger partial charge is 0.346 e. The van der Waals surface area contributed by atoms with Crippen molar-refractivity contribution in [3.05, 3.63) is 46.1 Å². The Labute approximate surface area is 182 Å². The van der Waals surface area contributed by atoms with Gasteiger partial charge in [0.1, 0.15) is 11.6 Å². The fraction of sp³-hybridized carbons (Fsp3) is 0.609. The molecule has 2 heterocycles. The quantitative estimate of drug-likeness (QED) is 0.613. The molecule has 8 nitrogen and oxygen atoms in total. The van der Waals surface area contributed by atoms with Gasteiger partial charge in [-0.3, -0.25) is 9.36 Å². The largest absolute Gasteiger partial charge is 0.497 e. The van der Waals surface area contributed by atoms with Crippen molar-refractivity contribution in [1.82, 2.24) is 19.2 Å². The fourth-order valence-electron chi connectivity index (χ4n) is 4.33. The number of hydrogen-bond donors (Lipinski definition) is 0. The average molecular weight is 429 g/mol. The molecule has 1 unspecified atom stereocenters. The maximum Gasteiger partial charge on any atom is 0.346 e. The van der Waals surface area contributed by atoms with E-state index in [1.807, 2.05) is 33.7 Å². The summed E-state index contributed by atoms with van der Waals surface area (Å²) in [6.45, 7) is 2.33. The highest BCUT2D eigenvalue weighted by atomic mass is 16.5. The number of aryl methyl sites for hydroxylation is 1. The Morgan fingerprint density at radius 3 is 2.61 bits per heavy atom. The van der Waals surface area contributed by atoms with Crippen molar-refractivity contribution in [2.75, 3.05) is 33.9 Å². The third-order valence-electron chi connectivity index (χ3n) is 6.24. The van der Waals surface area contributed by atoms with E-state index in [9.17, 15) is 9.59 Å². The Kier molecular flexibility index (Phi) is 6.75. The van der Waals surface area contributed by atoms with Crippen molar-refractivity contribution in [2.45, 2.75) is 57.0 Å². The lowest BCUT2D eigenvalue weighted by molar-refractivity contribution is -0.132. The molecule has 1 atom stereocenters. The lowest BCUT2D eigenvalue weighted by Crippen LogP contribution is -2.40. The number of hydrogen-bond acceptors (Lipinski definition) is 5. The van der Waals surface area contributed by atoms with Crippen LogP contribution in [-0.2, 0) is 22.5 Å². The summed E-state index contributed by atoms with van der Waals surface area (Å²) in [6.07, 6.45) is 5.14. The Balaban J connectivity index is 1.42. The van der Waals surface area contributed by atoms with E-state index < -0.39 is 0 Å². The van der Waals surface area contributed by atoms with E-state index in [1.165, 1.54) is 4.68 Å². The number of methoxy groups -OCH3 is 2. The van der Waals surface area contributed by atoms with Crippen LogP contribution in [0.25, 0.3) is 0 Å². The van der Waals surface area contributed by atoms with Gasteiger partial charge in [0.15, 0.2) is 0 Å². The molecule has 1 saturated carbocycles. The van der Waals surface area contributed by atoms with E-state index in [1.54, 1.807) is 14.2 Å². The summed E-state index contributed by atoms with van der Waals surface area (Å²) in [5, 5.41) is 4.67. The zero-order chi connectivity index (χ0) is 21.8. The average Bonchev–Trinajstić information content (AvgIpc) is 3.59. The summed E-state index contributed by atoms with van der Waals surface area (Å²) in [5.74, 6) is 1.94. The SMILES string of the molecule is COCCn1nc(C2CCCN(C(=O)CCc3ccc(OC)cc3)C2)n(C2CC2)c1=O. The molecule has 168 valence electrons. The molecule has 2 aromatic rings. The lowest BCUT2D eigenvalue weighted by Gasteiger charge is -2.32. The highest BCUT2D eigenvalue weighted by molar-refractivity contribution is 5.76. The van der Waals surface area contributed by atoms with Crippen LogP contribution >= 0.6 is 0 Å². The van der Waals surface area contributed by atoms with Crippen molar-refractivity contribution < 1.29 is 14.3 Å². The minimum Gasteiger partial charge on any atom is -0.497 e. The number of rotatable bonds is 9. The van der Waals surface area contributed by atoms with Crippen LogP contribution in [0.4, 0.5) is 0 Å². The molecule has 1 aliphatic carbocycles. The van der Waals surface area contributed by atoms with Gasteiger partial charge >= 0.3 is 5.69 Å².